The number of hydrogen-bond donors (Lipinski definition) is 1. The lowest BCUT2D eigenvalue weighted by atomic mass is 10.2. The third-order valence-corrected chi connectivity index (χ3v) is 6.00. The van der Waals surface area contributed by atoms with Crippen molar-refractivity contribution in [2.45, 2.75) is 26.8 Å². The van der Waals surface area contributed by atoms with Gasteiger partial charge in [-0.1, -0.05) is 48.0 Å². The molecule has 1 amide bonds. The van der Waals surface area contributed by atoms with E-state index in [4.69, 9.17) is 0 Å². The first kappa shape index (κ1) is 19.1. The van der Waals surface area contributed by atoms with E-state index in [9.17, 15) is 9.59 Å². The van der Waals surface area contributed by atoms with Crippen molar-refractivity contribution >= 4 is 33.1 Å². The molecule has 0 aliphatic heterocycles. The average molecular weight is 404 g/mol. The van der Waals surface area contributed by atoms with Gasteiger partial charge in [0.15, 0.2) is 0 Å². The number of fused-ring (bicyclic) bond motifs is 1. The van der Waals surface area contributed by atoms with E-state index < -0.39 is 6.04 Å². The molecule has 2 aromatic carbocycles. The normalized spacial score (nSPS) is 12.1. The first-order valence-electron chi connectivity index (χ1n) is 9.39. The summed E-state index contributed by atoms with van der Waals surface area (Å²) in [5.74, 6) is 0.272. The summed E-state index contributed by atoms with van der Waals surface area (Å²) in [4.78, 5) is 32.2. The Morgan fingerprint density at radius 2 is 1.76 bits per heavy atom. The van der Waals surface area contributed by atoms with Crippen molar-refractivity contribution in [3.05, 3.63) is 82.4 Å². The second-order valence-corrected chi connectivity index (χ2v) is 8.09. The SMILES string of the molecule is Cc1ccc(NC(=O)C(C)n2c(C)nc3sc(-c4ccccc4)cc3c2=O)cc1. The number of nitrogens with zero attached hydrogens (tertiary/aromatic N) is 2. The van der Waals surface area contributed by atoms with Gasteiger partial charge < -0.3 is 5.32 Å². The van der Waals surface area contributed by atoms with Gasteiger partial charge in [0.1, 0.15) is 16.7 Å². The van der Waals surface area contributed by atoms with Crippen molar-refractivity contribution in [1.82, 2.24) is 9.55 Å². The van der Waals surface area contributed by atoms with Crippen molar-refractivity contribution in [1.29, 1.82) is 0 Å². The van der Waals surface area contributed by atoms with E-state index in [1.54, 1.807) is 13.8 Å². The highest BCUT2D eigenvalue weighted by atomic mass is 32.1. The molecular formula is C23H21N3O2S. The van der Waals surface area contributed by atoms with Crippen LogP contribution in [0.2, 0.25) is 0 Å². The highest BCUT2D eigenvalue weighted by Gasteiger charge is 2.21. The van der Waals surface area contributed by atoms with Gasteiger partial charge in [-0.15, -0.1) is 11.3 Å². The largest absolute Gasteiger partial charge is 0.324 e. The number of benzene rings is 2. The number of anilines is 1. The van der Waals surface area contributed by atoms with Crippen LogP contribution in [-0.2, 0) is 4.79 Å². The Morgan fingerprint density at radius 1 is 1.07 bits per heavy atom. The Hall–Kier alpha value is -3.25. The molecule has 1 unspecified atom stereocenters. The Balaban J connectivity index is 1.70. The molecule has 0 saturated heterocycles. The van der Waals surface area contributed by atoms with Crippen molar-refractivity contribution in [2.24, 2.45) is 0 Å². The second kappa shape index (κ2) is 7.64. The van der Waals surface area contributed by atoms with Crippen molar-refractivity contribution in [3.8, 4) is 10.4 Å². The van der Waals surface area contributed by atoms with E-state index in [-0.39, 0.29) is 11.5 Å². The van der Waals surface area contributed by atoms with Gasteiger partial charge in [-0.2, -0.15) is 0 Å². The van der Waals surface area contributed by atoms with Crippen LogP contribution in [0.15, 0.2) is 65.5 Å². The molecule has 2 heterocycles. The fourth-order valence-corrected chi connectivity index (χ4v) is 4.37. The summed E-state index contributed by atoms with van der Waals surface area (Å²) in [5.41, 5.74) is 2.67. The summed E-state index contributed by atoms with van der Waals surface area (Å²) in [6.45, 7) is 5.47. The summed E-state index contributed by atoms with van der Waals surface area (Å²) in [5, 5.41) is 3.41. The van der Waals surface area contributed by atoms with E-state index in [2.05, 4.69) is 10.3 Å². The van der Waals surface area contributed by atoms with Gasteiger partial charge in [-0.3, -0.25) is 14.2 Å². The summed E-state index contributed by atoms with van der Waals surface area (Å²) in [7, 11) is 0. The highest BCUT2D eigenvalue weighted by molar-refractivity contribution is 7.21. The Bertz CT molecular complexity index is 1240. The molecule has 146 valence electrons. The summed E-state index contributed by atoms with van der Waals surface area (Å²) < 4.78 is 1.47. The molecule has 0 fully saturated rings. The van der Waals surface area contributed by atoms with Gasteiger partial charge >= 0.3 is 0 Å². The molecule has 1 N–H and O–H groups in total. The summed E-state index contributed by atoms with van der Waals surface area (Å²) in [6.07, 6.45) is 0. The standard InChI is InChI=1S/C23H21N3O2S/c1-14-9-11-18(12-10-14)25-21(27)15(2)26-16(3)24-22-19(23(26)28)13-20(29-22)17-7-5-4-6-8-17/h4-13,15H,1-3H3,(H,25,27). The molecule has 0 aliphatic rings. The number of rotatable bonds is 4. The number of thiophene rings is 1. The van der Waals surface area contributed by atoms with E-state index >= 15 is 0 Å². The summed E-state index contributed by atoms with van der Waals surface area (Å²) in [6, 6.07) is 18.7. The van der Waals surface area contributed by atoms with Gasteiger partial charge in [0, 0.05) is 10.6 Å². The van der Waals surface area contributed by atoms with Gasteiger partial charge in [0.2, 0.25) is 5.91 Å². The number of aryl methyl sites for hydroxylation is 2. The van der Waals surface area contributed by atoms with E-state index in [0.29, 0.717) is 21.7 Å². The molecular weight excluding hydrogens is 382 g/mol. The quantitative estimate of drug-likeness (QED) is 0.525. The molecule has 0 spiro atoms. The minimum Gasteiger partial charge on any atom is -0.324 e. The monoisotopic (exact) mass is 403 g/mol. The van der Waals surface area contributed by atoms with Crippen LogP contribution in [-0.4, -0.2) is 15.5 Å². The Kier molecular flexibility index (Phi) is 5.03. The topological polar surface area (TPSA) is 64.0 Å². The Morgan fingerprint density at radius 3 is 2.45 bits per heavy atom. The van der Waals surface area contributed by atoms with Crippen LogP contribution in [0, 0.1) is 13.8 Å². The van der Waals surface area contributed by atoms with Crippen LogP contribution < -0.4 is 10.9 Å². The van der Waals surface area contributed by atoms with E-state index in [1.807, 2.05) is 67.6 Å². The first-order valence-corrected chi connectivity index (χ1v) is 10.2. The third kappa shape index (κ3) is 3.71. The van der Waals surface area contributed by atoms with Crippen LogP contribution in [0.25, 0.3) is 20.7 Å². The minimum absolute atomic E-state index is 0.197. The predicted molar refractivity (Wildman–Crippen MR) is 119 cm³/mol. The predicted octanol–water partition coefficient (Wildman–Crippen LogP) is 4.94. The number of nitrogens with one attached hydrogen (secondary N) is 1. The van der Waals surface area contributed by atoms with Crippen molar-refractivity contribution in [3.63, 3.8) is 0 Å². The van der Waals surface area contributed by atoms with Crippen LogP contribution in [0.5, 0.6) is 0 Å². The number of hydrogen-bond acceptors (Lipinski definition) is 4. The van der Waals surface area contributed by atoms with Crippen LogP contribution in [0.3, 0.4) is 0 Å². The third-order valence-electron chi connectivity index (χ3n) is 4.92. The molecule has 4 aromatic rings. The maximum Gasteiger partial charge on any atom is 0.263 e. The van der Waals surface area contributed by atoms with Gasteiger partial charge in [0.25, 0.3) is 5.56 Å². The van der Waals surface area contributed by atoms with Gasteiger partial charge in [-0.05, 0) is 44.5 Å². The highest BCUT2D eigenvalue weighted by Crippen LogP contribution is 2.31. The first-order chi connectivity index (χ1) is 13.9. The minimum atomic E-state index is -0.680. The van der Waals surface area contributed by atoms with Crippen molar-refractivity contribution in [2.75, 3.05) is 5.32 Å². The lowest BCUT2D eigenvalue weighted by molar-refractivity contribution is -0.118. The van der Waals surface area contributed by atoms with Crippen LogP contribution >= 0.6 is 11.3 Å². The summed E-state index contributed by atoms with van der Waals surface area (Å²) >= 11 is 1.49. The molecule has 0 radical (unpaired) electrons. The molecule has 0 aliphatic carbocycles. The van der Waals surface area contributed by atoms with Crippen molar-refractivity contribution < 1.29 is 4.79 Å². The molecule has 5 nitrogen and oxygen atoms in total. The zero-order chi connectivity index (χ0) is 20.5. The second-order valence-electron chi connectivity index (χ2n) is 7.06. The van der Waals surface area contributed by atoms with Gasteiger partial charge in [-0.25, -0.2) is 4.98 Å². The lowest BCUT2D eigenvalue weighted by Gasteiger charge is -2.17. The zero-order valence-corrected chi connectivity index (χ0v) is 17.3. The van der Waals surface area contributed by atoms with E-state index in [0.717, 1.165) is 16.0 Å². The molecule has 6 heteroatoms. The lowest BCUT2D eigenvalue weighted by Crippen LogP contribution is -2.33. The number of carbonyl (C=O) groups is 1. The zero-order valence-electron chi connectivity index (χ0n) is 16.5. The maximum atomic E-state index is 13.2. The molecule has 0 saturated carbocycles. The molecule has 1 atom stereocenters. The molecule has 0 bridgehead atoms. The number of carbonyl (C=O) groups excluding carboxylic acids is 1. The van der Waals surface area contributed by atoms with Gasteiger partial charge in [0.05, 0.1) is 5.39 Å². The fourth-order valence-electron chi connectivity index (χ4n) is 3.30. The van der Waals surface area contributed by atoms with Crippen LogP contribution in [0.4, 0.5) is 5.69 Å². The molecule has 29 heavy (non-hydrogen) atoms. The maximum absolute atomic E-state index is 13.2. The Labute approximate surface area is 172 Å². The fraction of sp³-hybridized carbons (Fsp3) is 0.174. The average Bonchev–Trinajstić information content (AvgIpc) is 3.14. The molecule has 4 rings (SSSR count). The van der Waals surface area contributed by atoms with Crippen LogP contribution in [0.1, 0.15) is 24.4 Å². The number of amides is 1. The molecule has 2 aromatic heterocycles. The number of aromatic nitrogens is 2. The van der Waals surface area contributed by atoms with E-state index in [1.165, 1.54) is 15.9 Å². The smallest absolute Gasteiger partial charge is 0.263 e.